The zero-order chi connectivity index (χ0) is 11.4. The summed E-state index contributed by atoms with van der Waals surface area (Å²) in [4.78, 5) is 15.6. The maximum atomic E-state index is 11.8. The van der Waals surface area contributed by atoms with Crippen molar-refractivity contribution in [1.29, 1.82) is 0 Å². The number of carbonyl (C=O) groups excluding carboxylic acids is 1. The summed E-state index contributed by atoms with van der Waals surface area (Å²) in [5.74, 6) is -0.393. The van der Waals surface area contributed by atoms with Crippen LogP contribution in [0.2, 0.25) is 0 Å². The van der Waals surface area contributed by atoms with Gasteiger partial charge in [-0.3, -0.25) is 4.79 Å². The van der Waals surface area contributed by atoms with Gasteiger partial charge in [-0.05, 0) is 31.5 Å². The SMILES string of the molecule is Cl.O=C(NC1CCCNC1)c1ncccc1O. The molecule has 0 aliphatic carbocycles. The van der Waals surface area contributed by atoms with E-state index in [1.165, 1.54) is 12.3 Å². The normalized spacial score (nSPS) is 19.2. The van der Waals surface area contributed by atoms with Crippen molar-refractivity contribution in [2.75, 3.05) is 13.1 Å². The van der Waals surface area contributed by atoms with Crippen LogP contribution in [-0.4, -0.2) is 35.1 Å². The van der Waals surface area contributed by atoms with Crippen molar-refractivity contribution in [3.63, 3.8) is 0 Å². The molecular formula is C11H16ClN3O2. The Morgan fingerprint density at radius 2 is 2.41 bits per heavy atom. The minimum absolute atomic E-state index is 0. The Labute approximate surface area is 106 Å². The highest BCUT2D eigenvalue weighted by atomic mass is 35.5. The second kappa shape index (κ2) is 6.42. The molecule has 1 amide bonds. The molecule has 0 saturated carbocycles. The maximum absolute atomic E-state index is 11.8. The Kier molecular flexibility index (Phi) is 5.18. The van der Waals surface area contributed by atoms with E-state index in [-0.39, 0.29) is 35.8 Å². The quantitative estimate of drug-likeness (QED) is 0.729. The van der Waals surface area contributed by atoms with Crippen LogP contribution in [0.1, 0.15) is 23.3 Å². The van der Waals surface area contributed by atoms with E-state index in [2.05, 4.69) is 15.6 Å². The standard InChI is InChI=1S/C11H15N3O2.ClH/c15-9-4-2-6-13-10(9)11(16)14-8-3-1-5-12-7-8;/h2,4,6,8,12,15H,1,3,5,7H2,(H,14,16);1H. The molecule has 6 heteroatoms. The first-order valence-corrected chi connectivity index (χ1v) is 5.43. The van der Waals surface area contributed by atoms with Crippen molar-refractivity contribution in [3.8, 4) is 5.75 Å². The molecule has 1 aliphatic rings. The fraction of sp³-hybridized carbons (Fsp3) is 0.455. The van der Waals surface area contributed by atoms with Gasteiger partial charge in [-0.1, -0.05) is 0 Å². The van der Waals surface area contributed by atoms with Crippen LogP contribution in [-0.2, 0) is 0 Å². The van der Waals surface area contributed by atoms with Crippen LogP contribution in [0.5, 0.6) is 5.75 Å². The first-order chi connectivity index (χ1) is 7.77. The van der Waals surface area contributed by atoms with Gasteiger partial charge in [0.25, 0.3) is 5.91 Å². The zero-order valence-electron chi connectivity index (χ0n) is 9.35. The number of aromatic nitrogens is 1. The molecule has 1 fully saturated rings. The molecule has 1 aliphatic heterocycles. The molecule has 1 unspecified atom stereocenters. The zero-order valence-corrected chi connectivity index (χ0v) is 10.2. The number of rotatable bonds is 2. The first kappa shape index (κ1) is 13.7. The molecule has 17 heavy (non-hydrogen) atoms. The molecule has 0 spiro atoms. The monoisotopic (exact) mass is 257 g/mol. The minimum Gasteiger partial charge on any atom is -0.505 e. The Morgan fingerprint density at radius 1 is 1.59 bits per heavy atom. The molecule has 94 valence electrons. The van der Waals surface area contributed by atoms with Crippen molar-refractivity contribution in [3.05, 3.63) is 24.0 Å². The third kappa shape index (κ3) is 3.57. The lowest BCUT2D eigenvalue weighted by Gasteiger charge is -2.23. The van der Waals surface area contributed by atoms with Gasteiger partial charge in [-0.2, -0.15) is 0 Å². The van der Waals surface area contributed by atoms with Crippen LogP contribution in [0.25, 0.3) is 0 Å². The van der Waals surface area contributed by atoms with Crippen LogP contribution < -0.4 is 10.6 Å². The van der Waals surface area contributed by atoms with E-state index < -0.39 is 0 Å². The first-order valence-electron chi connectivity index (χ1n) is 5.43. The largest absolute Gasteiger partial charge is 0.505 e. The van der Waals surface area contributed by atoms with Gasteiger partial charge in [0.15, 0.2) is 5.69 Å². The lowest BCUT2D eigenvalue weighted by Crippen LogP contribution is -2.45. The molecular weight excluding hydrogens is 242 g/mol. The van der Waals surface area contributed by atoms with Crippen molar-refractivity contribution >= 4 is 18.3 Å². The summed E-state index contributed by atoms with van der Waals surface area (Å²) in [5.41, 5.74) is 0.0908. The van der Waals surface area contributed by atoms with E-state index in [1.54, 1.807) is 6.07 Å². The summed E-state index contributed by atoms with van der Waals surface area (Å²) in [6.45, 7) is 1.78. The topological polar surface area (TPSA) is 74.2 Å². The highest BCUT2D eigenvalue weighted by Crippen LogP contribution is 2.13. The van der Waals surface area contributed by atoms with Gasteiger partial charge in [-0.15, -0.1) is 12.4 Å². The number of piperidine rings is 1. The summed E-state index contributed by atoms with van der Waals surface area (Å²) in [5, 5.41) is 15.5. The van der Waals surface area contributed by atoms with E-state index in [1.807, 2.05) is 0 Å². The number of aromatic hydroxyl groups is 1. The van der Waals surface area contributed by atoms with Crippen molar-refractivity contribution in [2.45, 2.75) is 18.9 Å². The van der Waals surface area contributed by atoms with E-state index in [4.69, 9.17) is 0 Å². The Morgan fingerprint density at radius 3 is 3.06 bits per heavy atom. The second-order valence-electron chi connectivity index (χ2n) is 3.89. The highest BCUT2D eigenvalue weighted by Gasteiger charge is 2.18. The number of halogens is 1. The molecule has 1 aromatic heterocycles. The Hall–Kier alpha value is -1.33. The smallest absolute Gasteiger partial charge is 0.273 e. The third-order valence-electron chi connectivity index (χ3n) is 2.63. The molecule has 0 radical (unpaired) electrons. The molecule has 2 rings (SSSR count). The van der Waals surface area contributed by atoms with Crippen LogP contribution in [0.3, 0.4) is 0 Å². The van der Waals surface area contributed by atoms with Crippen molar-refractivity contribution < 1.29 is 9.90 Å². The number of hydrogen-bond donors (Lipinski definition) is 3. The number of hydrogen-bond acceptors (Lipinski definition) is 4. The summed E-state index contributed by atoms with van der Waals surface area (Å²) < 4.78 is 0. The van der Waals surface area contributed by atoms with Crippen molar-refractivity contribution in [1.82, 2.24) is 15.6 Å². The fourth-order valence-corrected chi connectivity index (χ4v) is 1.80. The molecule has 1 aromatic rings. The summed E-state index contributed by atoms with van der Waals surface area (Å²) in [6.07, 6.45) is 3.51. The van der Waals surface area contributed by atoms with Gasteiger partial charge in [0, 0.05) is 18.8 Å². The molecule has 3 N–H and O–H groups in total. The lowest BCUT2D eigenvalue weighted by molar-refractivity contribution is 0.0922. The summed E-state index contributed by atoms with van der Waals surface area (Å²) in [7, 11) is 0. The number of carbonyl (C=O) groups is 1. The average Bonchev–Trinajstić information content (AvgIpc) is 2.31. The molecule has 0 aromatic carbocycles. The number of pyridine rings is 1. The van der Waals surface area contributed by atoms with Crippen LogP contribution in [0, 0.1) is 0 Å². The summed E-state index contributed by atoms with van der Waals surface area (Å²) >= 11 is 0. The number of nitrogens with zero attached hydrogens (tertiary/aromatic N) is 1. The van der Waals surface area contributed by atoms with Gasteiger partial charge in [-0.25, -0.2) is 4.98 Å². The van der Waals surface area contributed by atoms with Crippen LogP contribution in [0.4, 0.5) is 0 Å². The van der Waals surface area contributed by atoms with E-state index in [0.29, 0.717) is 0 Å². The predicted octanol–water partition coefficient (Wildman–Crippen LogP) is 0.691. The highest BCUT2D eigenvalue weighted by molar-refractivity contribution is 5.94. The molecule has 1 saturated heterocycles. The Balaban J connectivity index is 0.00000144. The molecule has 0 bridgehead atoms. The predicted molar refractivity (Wildman–Crippen MR) is 66.5 cm³/mol. The van der Waals surface area contributed by atoms with Gasteiger partial charge in [0.05, 0.1) is 0 Å². The number of amides is 1. The summed E-state index contributed by atoms with van der Waals surface area (Å²) in [6, 6.07) is 3.18. The fourth-order valence-electron chi connectivity index (χ4n) is 1.80. The number of nitrogens with one attached hydrogen (secondary N) is 2. The van der Waals surface area contributed by atoms with Crippen LogP contribution in [0.15, 0.2) is 18.3 Å². The van der Waals surface area contributed by atoms with Gasteiger partial charge in [0.1, 0.15) is 5.75 Å². The van der Waals surface area contributed by atoms with E-state index in [9.17, 15) is 9.90 Å². The minimum atomic E-state index is -0.313. The lowest BCUT2D eigenvalue weighted by atomic mass is 10.1. The third-order valence-corrected chi connectivity index (χ3v) is 2.63. The molecule has 5 nitrogen and oxygen atoms in total. The molecule has 2 heterocycles. The van der Waals surface area contributed by atoms with Gasteiger partial charge in [0.2, 0.25) is 0 Å². The van der Waals surface area contributed by atoms with Gasteiger partial charge < -0.3 is 15.7 Å². The molecule has 1 atom stereocenters. The van der Waals surface area contributed by atoms with E-state index in [0.717, 1.165) is 25.9 Å². The average molecular weight is 258 g/mol. The van der Waals surface area contributed by atoms with E-state index >= 15 is 0 Å². The van der Waals surface area contributed by atoms with Crippen LogP contribution >= 0.6 is 12.4 Å². The van der Waals surface area contributed by atoms with Gasteiger partial charge >= 0.3 is 0 Å². The van der Waals surface area contributed by atoms with Crippen molar-refractivity contribution in [2.24, 2.45) is 0 Å². The maximum Gasteiger partial charge on any atom is 0.273 e. The second-order valence-corrected chi connectivity index (χ2v) is 3.89. The Bertz CT molecular complexity index is 381.